The van der Waals surface area contributed by atoms with E-state index in [-0.39, 0.29) is 5.92 Å². The molecule has 4 heteroatoms. The molecule has 2 N–H and O–H groups in total. The van der Waals surface area contributed by atoms with Crippen molar-refractivity contribution < 1.29 is 0 Å². The Hall–Kier alpha value is -2.62. The van der Waals surface area contributed by atoms with Crippen LogP contribution in [-0.4, -0.2) is 15.2 Å². The minimum Gasteiger partial charge on any atom is -0.323 e. The summed E-state index contributed by atoms with van der Waals surface area (Å²) in [5.74, 6) is 2.32. The zero-order chi connectivity index (χ0) is 17.8. The Morgan fingerprint density at radius 3 is 2.28 bits per heavy atom. The second kappa shape index (κ2) is 7.51. The van der Waals surface area contributed by atoms with Crippen LogP contribution in [0.15, 0.2) is 48.5 Å². The zero-order valence-electron chi connectivity index (χ0n) is 15.4. The molecule has 1 atom stereocenters. The van der Waals surface area contributed by atoms with Crippen LogP contribution in [0.2, 0.25) is 0 Å². The maximum absolute atomic E-state index is 4.60. The van der Waals surface area contributed by atoms with Gasteiger partial charge in [-0.05, 0) is 42.5 Å². The lowest BCUT2D eigenvalue weighted by atomic mass is 9.96. The topological polar surface area (TPSA) is 53.6 Å². The standard InChI is InChI=1S/C21H26N4/c1-14(2)13-17-7-9-18(10-8-17)16(4)20-23-21(25-24-20)22-19-11-5-15(3)6-12-19/h5-12,14,16H,13H2,1-4H3,(H2,22,23,24,25). The molecule has 4 nitrogen and oxygen atoms in total. The van der Waals surface area contributed by atoms with Crippen molar-refractivity contribution in [3.05, 3.63) is 71.0 Å². The van der Waals surface area contributed by atoms with Gasteiger partial charge in [0.2, 0.25) is 5.95 Å². The molecule has 1 heterocycles. The number of nitrogens with one attached hydrogen (secondary N) is 2. The van der Waals surface area contributed by atoms with Crippen LogP contribution in [0.3, 0.4) is 0 Å². The summed E-state index contributed by atoms with van der Waals surface area (Å²) in [5.41, 5.74) is 4.84. The minimum atomic E-state index is 0.175. The summed E-state index contributed by atoms with van der Waals surface area (Å²) in [6, 6.07) is 17.0. The van der Waals surface area contributed by atoms with Gasteiger partial charge >= 0.3 is 0 Å². The van der Waals surface area contributed by atoms with E-state index in [1.54, 1.807) is 0 Å². The van der Waals surface area contributed by atoms with Crippen molar-refractivity contribution in [1.29, 1.82) is 0 Å². The lowest BCUT2D eigenvalue weighted by Crippen LogP contribution is -2.00. The lowest BCUT2D eigenvalue weighted by Gasteiger charge is -2.10. The van der Waals surface area contributed by atoms with E-state index in [0.717, 1.165) is 17.9 Å². The molecule has 0 saturated carbocycles. The first-order chi connectivity index (χ1) is 12.0. The van der Waals surface area contributed by atoms with Gasteiger partial charge in [-0.15, -0.1) is 5.10 Å². The molecular formula is C21H26N4. The molecule has 0 amide bonds. The van der Waals surface area contributed by atoms with Crippen molar-refractivity contribution in [2.24, 2.45) is 5.92 Å². The van der Waals surface area contributed by atoms with Gasteiger partial charge in [-0.2, -0.15) is 4.98 Å². The molecule has 2 aromatic carbocycles. The number of H-pyrrole nitrogens is 1. The molecule has 0 aliphatic heterocycles. The molecule has 0 aliphatic carbocycles. The fraction of sp³-hybridized carbons (Fsp3) is 0.333. The van der Waals surface area contributed by atoms with Crippen LogP contribution >= 0.6 is 0 Å². The van der Waals surface area contributed by atoms with E-state index in [9.17, 15) is 0 Å². The number of anilines is 2. The zero-order valence-corrected chi connectivity index (χ0v) is 15.4. The van der Waals surface area contributed by atoms with E-state index in [2.05, 4.69) is 84.6 Å². The number of hydrogen-bond donors (Lipinski definition) is 2. The fourth-order valence-electron chi connectivity index (χ4n) is 2.86. The van der Waals surface area contributed by atoms with Crippen LogP contribution in [0.4, 0.5) is 11.6 Å². The Bertz CT molecular complexity index is 801. The third-order valence-electron chi connectivity index (χ3n) is 4.34. The number of rotatable bonds is 6. The molecule has 0 saturated heterocycles. The summed E-state index contributed by atoms with van der Waals surface area (Å²) in [7, 11) is 0. The molecule has 0 bridgehead atoms. The van der Waals surface area contributed by atoms with Crippen molar-refractivity contribution in [2.75, 3.05) is 5.32 Å². The molecule has 25 heavy (non-hydrogen) atoms. The first-order valence-corrected chi connectivity index (χ1v) is 8.86. The molecule has 0 spiro atoms. The predicted octanol–water partition coefficient (Wildman–Crippen LogP) is 5.21. The Labute approximate surface area is 149 Å². The number of aromatic amines is 1. The third-order valence-corrected chi connectivity index (χ3v) is 4.34. The highest BCUT2D eigenvalue weighted by Gasteiger charge is 2.14. The van der Waals surface area contributed by atoms with E-state index in [4.69, 9.17) is 0 Å². The molecule has 1 unspecified atom stereocenters. The summed E-state index contributed by atoms with van der Waals surface area (Å²) in [6.07, 6.45) is 1.11. The summed E-state index contributed by atoms with van der Waals surface area (Å²) in [4.78, 5) is 4.60. The quantitative estimate of drug-likeness (QED) is 0.651. The van der Waals surface area contributed by atoms with Gasteiger partial charge in [0, 0.05) is 11.6 Å². The summed E-state index contributed by atoms with van der Waals surface area (Å²) < 4.78 is 0. The average Bonchev–Trinajstić information content (AvgIpc) is 3.05. The molecule has 1 aromatic heterocycles. The second-order valence-corrected chi connectivity index (χ2v) is 7.10. The van der Waals surface area contributed by atoms with Crippen LogP contribution in [0.25, 0.3) is 0 Å². The van der Waals surface area contributed by atoms with Gasteiger partial charge in [0.15, 0.2) is 0 Å². The van der Waals surface area contributed by atoms with Crippen LogP contribution in [0.1, 0.15) is 49.2 Å². The Morgan fingerprint density at radius 1 is 0.960 bits per heavy atom. The summed E-state index contributed by atoms with van der Waals surface area (Å²) in [5, 5.41) is 10.6. The van der Waals surface area contributed by atoms with Gasteiger partial charge in [0.25, 0.3) is 0 Å². The van der Waals surface area contributed by atoms with Crippen LogP contribution < -0.4 is 5.32 Å². The summed E-state index contributed by atoms with van der Waals surface area (Å²) in [6.45, 7) is 8.71. The van der Waals surface area contributed by atoms with Crippen molar-refractivity contribution in [1.82, 2.24) is 15.2 Å². The highest BCUT2D eigenvalue weighted by Crippen LogP contribution is 2.23. The number of benzene rings is 2. The highest BCUT2D eigenvalue weighted by molar-refractivity contribution is 5.53. The van der Waals surface area contributed by atoms with Gasteiger partial charge in [-0.3, -0.25) is 5.10 Å². The van der Waals surface area contributed by atoms with Crippen molar-refractivity contribution in [3.8, 4) is 0 Å². The van der Waals surface area contributed by atoms with Crippen LogP contribution in [-0.2, 0) is 6.42 Å². The Morgan fingerprint density at radius 2 is 1.64 bits per heavy atom. The van der Waals surface area contributed by atoms with Crippen LogP contribution in [0.5, 0.6) is 0 Å². The molecule has 0 fully saturated rings. The second-order valence-electron chi connectivity index (χ2n) is 7.10. The maximum atomic E-state index is 4.60. The van der Waals surface area contributed by atoms with Gasteiger partial charge < -0.3 is 5.32 Å². The fourth-order valence-corrected chi connectivity index (χ4v) is 2.86. The monoisotopic (exact) mass is 334 g/mol. The normalized spacial score (nSPS) is 12.4. The number of hydrogen-bond acceptors (Lipinski definition) is 3. The first-order valence-electron chi connectivity index (χ1n) is 8.86. The lowest BCUT2D eigenvalue weighted by molar-refractivity contribution is 0.647. The van der Waals surface area contributed by atoms with Crippen molar-refractivity contribution in [2.45, 2.75) is 40.0 Å². The molecule has 0 radical (unpaired) electrons. The molecular weight excluding hydrogens is 308 g/mol. The third kappa shape index (κ3) is 4.47. The number of nitrogens with zero attached hydrogens (tertiary/aromatic N) is 2. The molecule has 130 valence electrons. The summed E-state index contributed by atoms with van der Waals surface area (Å²) >= 11 is 0. The van der Waals surface area contributed by atoms with Gasteiger partial charge in [-0.25, -0.2) is 0 Å². The number of aryl methyl sites for hydroxylation is 1. The van der Waals surface area contributed by atoms with E-state index in [1.165, 1.54) is 16.7 Å². The Balaban J connectivity index is 1.69. The highest BCUT2D eigenvalue weighted by atomic mass is 15.3. The molecule has 0 aliphatic rings. The van der Waals surface area contributed by atoms with E-state index < -0.39 is 0 Å². The van der Waals surface area contributed by atoms with E-state index >= 15 is 0 Å². The van der Waals surface area contributed by atoms with E-state index in [0.29, 0.717) is 11.9 Å². The smallest absolute Gasteiger partial charge is 0.246 e. The van der Waals surface area contributed by atoms with Gasteiger partial charge in [-0.1, -0.05) is 62.7 Å². The minimum absolute atomic E-state index is 0.175. The number of aromatic nitrogens is 3. The SMILES string of the molecule is Cc1ccc(Nc2n[nH]c(C(C)c3ccc(CC(C)C)cc3)n2)cc1. The van der Waals surface area contributed by atoms with Gasteiger partial charge in [0.1, 0.15) is 5.82 Å². The molecule has 3 aromatic rings. The maximum Gasteiger partial charge on any atom is 0.246 e. The predicted molar refractivity (Wildman–Crippen MR) is 103 cm³/mol. The van der Waals surface area contributed by atoms with Crippen molar-refractivity contribution >= 4 is 11.6 Å². The first kappa shape index (κ1) is 17.2. The van der Waals surface area contributed by atoms with Gasteiger partial charge in [0.05, 0.1) is 0 Å². The van der Waals surface area contributed by atoms with Crippen molar-refractivity contribution in [3.63, 3.8) is 0 Å². The molecule has 3 rings (SSSR count). The Kier molecular flexibility index (Phi) is 5.17. The van der Waals surface area contributed by atoms with Crippen LogP contribution in [0, 0.1) is 12.8 Å². The average molecular weight is 334 g/mol. The largest absolute Gasteiger partial charge is 0.323 e. The van der Waals surface area contributed by atoms with E-state index in [1.807, 2.05) is 12.1 Å².